The number of carbonyl (C=O) groups is 1. The molecule has 88 valence electrons. The van der Waals surface area contributed by atoms with Gasteiger partial charge in [0.1, 0.15) is 6.04 Å². The van der Waals surface area contributed by atoms with Crippen LogP contribution in [0.1, 0.15) is 46.5 Å². The molecule has 15 heavy (non-hydrogen) atoms. The van der Waals surface area contributed by atoms with E-state index < -0.39 is 5.97 Å². The van der Waals surface area contributed by atoms with Crippen molar-refractivity contribution in [2.24, 2.45) is 11.8 Å². The molecule has 0 aromatic carbocycles. The number of carboxylic acids is 1. The number of hydrogen-bond donors (Lipinski definition) is 2. The predicted molar refractivity (Wildman–Crippen MR) is 60.8 cm³/mol. The molecule has 3 heteroatoms. The van der Waals surface area contributed by atoms with E-state index >= 15 is 0 Å². The quantitative estimate of drug-likeness (QED) is 0.753. The Kier molecular flexibility index (Phi) is 4.58. The Labute approximate surface area is 92.3 Å². The molecule has 1 saturated carbocycles. The molecule has 0 aliphatic heterocycles. The molecule has 1 fully saturated rings. The normalized spacial score (nSPS) is 33.7. The van der Waals surface area contributed by atoms with Crippen LogP contribution in [0.4, 0.5) is 0 Å². The van der Waals surface area contributed by atoms with Crippen LogP contribution in [0.25, 0.3) is 0 Å². The van der Waals surface area contributed by atoms with E-state index in [1.165, 1.54) is 6.42 Å². The van der Waals surface area contributed by atoms with Gasteiger partial charge in [0.05, 0.1) is 0 Å². The standard InChI is InChI=1S/C12H23NO2/c1-4-11(12(14)15)13-10-6-5-8(2)9(3)7-10/h8-11,13H,4-7H2,1-3H3,(H,14,15). The predicted octanol–water partition coefficient (Wildman–Crippen LogP) is 2.26. The van der Waals surface area contributed by atoms with Crippen molar-refractivity contribution in [3.05, 3.63) is 0 Å². The molecule has 1 rings (SSSR count). The van der Waals surface area contributed by atoms with Crippen molar-refractivity contribution in [2.75, 3.05) is 0 Å². The lowest BCUT2D eigenvalue weighted by Gasteiger charge is -2.34. The molecule has 0 radical (unpaired) electrons. The first kappa shape index (κ1) is 12.5. The third-order valence-corrected chi connectivity index (χ3v) is 3.74. The summed E-state index contributed by atoms with van der Waals surface area (Å²) in [5.41, 5.74) is 0. The Morgan fingerprint density at radius 2 is 2.07 bits per heavy atom. The summed E-state index contributed by atoms with van der Waals surface area (Å²) in [5, 5.41) is 12.2. The van der Waals surface area contributed by atoms with Crippen molar-refractivity contribution in [1.29, 1.82) is 0 Å². The maximum Gasteiger partial charge on any atom is 0.320 e. The molecule has 1 aliphatic carbocycles. The van der Waals surface area contributed by atoms with Crippen LogP contribution in [0.2, 0.25) is 0 Å². The fraction of sp³-hybridized carbons (Fsp3) is 0.917. The van der Waals surface area contributed by atoms with Gasteiger partial charge in [-0.1, -0.05) is 20.8 Å². The van der Waals surface area contributed by atoms with Crippen molar-refractivity contribution < 1.29 is 9.90 Å². The van der Waals surface area contributed by atoms with Gasteiger partial charge in [-0.05, 0) is 37.5 Å². The Morgan fingerprint density at radius 1 is 1.40 bits per heavy atom. The summed E-state index contributed by atoms with van der Waals surface area (Å²) in [5.74, 6) is 0.777. The minimum Gasteiger partial charge on any atom is -0.480 e. The first-order valence-electron chi connectivity index (χ1n) is 6.03. The highest BCUT2D eigenvalue weighted by Gasteiger charge is 2.27. The molecule has 0 spiro atoms. The molecule has 0 saturated heterocycles. The third-order valence-electron chi connectivity index (χ3n) is 3.74. The lowest BCUT2D eigenvalue weighted by Crippen LogP contribution is -2.45. The molecular formula is C12H23NO2. The highest BCUT2D eigenvalue weighted by Crippen LogP contribution is 2.29. The van der Waals surface area contributed by atoms with Gasteiger partial charge in [-0.25, -0.2) is 0 Å². The van der Waals surface area contributed by atoms with Crippen LogP contribution < -0.4 is 5.32 Å². The van der Waals surface area contributed by atoms with Gasteiger partial charge in [0.25, 0.3) is 0 Å². The van der Waals surface area contributed by atoms with Crippen LogP contribution in [-0.2, 0) is 4.79 Å². The van der Waals surface area contributed by atoms with E-state index in [4.69, 9.17) is 5.11 Å². The van der Waals surface area contributed by atoms with E-state index in [1.807, 2.05) is 6.92 Å². The van der Waals surface area contributed by atoms with Crippen LogP contribution in [0.15, 0.2) is 0 Å². The second kappa shape index (κ2) is 5.50. The summed E-state index contributed by atoms with van der Waals surface area (Å²) in [6.07, 6.45) is 4.12. The third kappa shape index (κ3) is 3.49. The molecule has 0 amide bonds. The van der Waals surface area contributed by atoms with Crippen LogP contribution in [0, 0.1) is 11.8 Å². The van der Waals surface area contributed by atoms with Gasteiger partial charge in [-0.15, -0.1) is 0 Å². The van der Waals surface area contributed by atoms with Gasteiger partial charge >= 0.3 is 5.97 Å². The Morgan fingerprint density at radius 3 is 2.53 bits per heavy atom. The van der Waals surface area contributed by atoms with Gasteiger partial charge in [-0.3, -0.25) is 4.79 Å². The SMILES string of the molecule is CCC(NC1CCC(C)C(C)C1)C(=O)O. The summed E-state index contributed by atoms with van der Waals surface area (Å²) in [6, 6.07) is 0.0351. The molecule has 4 atom stereocenters. The van der Waals surface area contributed by atoms with E-state index in [2.05, 4.69) is 19.2 Å². The second-order valence-electron chi connectivity index (χ2n) is 4.93. The van der Waals surface area contributed by atoms with Crippen molar-refractivity contribution in [3.8, 4) is 0 Å². The average Bonchev–Trinajstić information content (AvgIpc) is 2.19. The zero-order valence-corrected chi connectivity index (χ0v) is 9.99. The molecule has 0 heterocycles. The van der Waals surface area contributed by atoms with E-state index in [9.17, 15) is 4.79 Å². The molecule has 0 aromatic rings. The minimum atomic E-state index is -0.719. The first-order valence-corrected chi connectivity index (χ1v) is 6.03. The number of rotatable bonds is 4. The van der Waals surface area contributed by atoms with E-state index in [-0.39, 0.29) is 6.04 Å². The van der Waals surface area contributed by atoms with Gasteiger partial charge in [0, 0.05) is 6.04 Å². The number of hydrogen-bond acceptors (Lipinski definition) is 2. The number of carboxylic acid groups (broad SMARTS) is 1. The molecule has 0 bridgehead atoms. The lowest BCUT2D eigenvalue weighted by atomic mass is 9.79. The number of aliphatic carboxylic acids is 1. The Balaban J connectivity index is 2.42. The summed E-state index contributed by atoms with van der Waals surface area (Å²) >= 11 is 0. The topological polar surface area (TPSA) is 49.3 Å². The zero-order chi connectivity index (χ0) is 11.4. The summed E-state index contributed by atoms with van der Waals surface area (Å²) in [4.78, 5) is 10.9. The largest absolute Gasteiger partial charge is 0.480 e. The molecule has 4 unspecified atom stereocenters. The second-order valence-corrected chi connectivity index (χ2v) is 4.93. The minimum absolute atomic E-state index is 0.365. The monoisotopic (exact) mass is 213 g/mol. The van der Waals surface area contributed by atoms with Crippen molar-refractivity contribution in [1.82, 2.24) is 5.32 Å². The van der Waals surface area contributed by atoms with E-state index in [1.54, 1.807) is 0 Å². The van der Waals surface area contributed by atoms with Gasteiger partial charge in [-0.2, -0.15) is 0 Å². The highest BCUT2D eigenvalue weighted by atomic mass is 16.4. The van der Waals surface area contributed by atoms with Gasteiger partial charge in [0.15, 0.2) is 0 Å². The molecule has 0 aromatic heterocycles. The van der Waals surface area contributed by atoms with Gasteiger partial charge in [0.2, 0.25) is 0 Å². The van der Waals surface area contributed by atoms with Crippen LogP contribution in [-0.4, -0.2) is 23.2 Å². The zero-order valence-electron chi connectivity index (χ0n) is 9.99. The van der Waals surface area contributed by atoms with Crippen molar-refractivity contribution in [2.45, 2.75) is 58.5 Å². The number of nitrogens with one attached hydrogen (secondary N) is 1. The smallest absolute Gasteiger partial charge is 0.320 e. The summed E-state index contributed by atoms with van der Waals surface area (Å²) in [7, 11) is 0. The maximum absolute atomic E-state index is 10.9. The fourth-order valence-electron chi connectivity index (χ4n) is 2.35. The summed E-state index contributed by atoms with van der Waals surface area (Å²) in [6.45, 7) is 6.47. The van der Waals surface area contributed by atoms with Crippen LogP contribution in [0.3, 0.4) is 0 Å². The molecule has 2 N–H and O–H groups in total. The lowest BCUT2D eigenvalue weighted by molar-refractivity contribution is -0.139. The molecule has 3 nitrogen and oxygen atoms in total. The first-order chi connectivity index (χ1) is 7.04. The average molecular weight is 213 g/mol. The Hall–Kier alpha value is -0.570. The Bertz CT molecular complexity index is 218. The fourth-order valence-corrected chi connectivity index (χ4v) is 2.35. The molecular weight excluding hydrogens is 190 g/mol. The van der Waals surface area contributed by atoms with E-state index in [0.29, 0.717) is 18.4 Å². The van der Waals surface area contributed by atoms with E-state index in [0.717, 1.165) is 18.8 Å². The maximum atomic E-state index is 10.9. The van der Waals surface area contributed by atoms with Crippen molar-refractivity contribution in [3.63, 3.8) is 0 Å². The molecule has 1 aliphatic rings. The van der Waals surface area contributed by atoms with Crippen molar-refractivity contribution >= 4 is 5.97 Å². The van der Waals surface area contributed by atoms with Crippen LogP contribution >= 0.6 is 0 Å². The summed E-state index contributed by atoms with van der Waals surface area (Å²) < 4.78 is 0. The van der Waals surface area contributed by atoms with Crippen LogP contribution in [0.5, 0.6) is 0 Å². The highest BCUT2D eigenvalue weighted by molar-refractivity contribution is 5.73. The van der Waals surface area contributed by atoms with Gasteiger partial charge < -0.3 is 10.4 Å².